The number of aromatic nitrogens is 3. The zero-order chi connectivity index (χ0) is 15.6. The number of amides is 1. The van der Waals surface area contributed by atoms with Crippen LogP contribution in [0.15, 0.2) is 36.7 Å². The molecule has 2 aromatic heterocycles. The van der Waals surface area contributed by atoms with Crippen molar-refractivity contribution in [2.75, 3.05) is 25.6 Å². The molecule has 116 valence electrons. The van der Waals surface area contributed by atoms with Gasteiger partial charge in [0.25, 0.3) is 5.91 Å². The third-order valence-electron chi connectivity index (χ3n) is 2.90. The number of nitrogens with one attached hydrogen (secondary N) is 2. The molecule has 0 atom stereocenters. The summed E-state index contributed by atoms with van der Waals surface area (Å²) in [5.74, 6) is 0.377. The summed E-state index contributed by atoms with van der Waals surface area (Å²) in [5, 5.41) is 13.8. The first-order valence-corrected chi connectivity index (χ1v) is 7.03. The van der Waals surface area contributed by atoms with Crippen molar-refractivity contribution in [3.63, 3.8) is 0 Å². The molecule has 2 rings (SSSR count). The van der Waals surface area contributed by atoms with Crippen molar-refractivity contribution in [1.29, 1.82) is 0 Å². The van der Waals surface area contributed by atoms with Gasteiger partial charge in [0.1, 0.15) is 5.82 Å². The fourth-order valence-electron chi connectivity index (χ4n) is 1.75. The number of hydrogen-bond donors (Lipinski definition) is 2. The van der Waals surface area contributed by atoms with E-state index in [9.17, 15) is 4.79 Å². The zero-order valence-electron chi connectivity index (χ0n) is 12.5. The van der Waals surface area contributed by atoms with Crippen LogP contribution in [0.3, 0.4) is 0 Å². The summed E-state index contributed by atoms with van der Waals surface area (Å²) in [5.41, 5.74) is 1.34. The number of rotatable bonds is 8. The van der Waals surface area contributed by atoms with E-state index in [1.54, 1.807) is 31.6 Å². The predicted molar refractivity (Wildman–Crippen MR) is 82.4 cm³/mol. The Kier molecular flexibility index (Phi) is 6.25. The summed E-state index contributed by atoms with van der Waals surface area (Å²) in [6.45, 7) is 1.77. The van der Waals surface area contributed by atoms with Gasteiger partial charge in [0.2, 0.25) is 0 Å². The van der Waals surface area contributed by atoms with Gasteiger partial charge >= 0.3 is 0 Å². The van der Waals surface area contributed by atoms with E-state index in [4.69, 9.17) is 4.74 Å². The maximum atomic E-state index is 11.8. The first kappa shape index (κ1) is 15.8. The minimum atomic E-state index is -0.234. The van der Waals surface area contributed by atoms with Gasteiger partial charge in [0, 0.05) is 39.2 Å². The Morgan fingerprint density at radius 3 is 2.86 bits per heavy atom. The van der Waals surface area contributed by atoms with Crippen molar-refractivity contribution in [3.8, 4) is 0 Å². The molecular weight excluding hydrogens is 282 g/mol. The molecular formula is C15H19N5O2. The molecule has 0 unspecified atom stereocenters. The largest absolute Gasteiger partial charge is 0.385 e. The lowest BCUT2D eigenvalue weighted by molar-refractivity contribution is 0.0942. The SMILES string of the molecule is COCCCNC(=O)c1ccc(NCc2cccnc2)nn1. The first-order valence-electron chi connectivity index (χ1n) is 7.03. The van der Waals surface area contributed by atoms with Gasteiger partial charge in [-0.05, 0) is 30.2 Å². The van der Waals surface area contributed by atoms with E-state index < -0.39 is 0 Å². The Bertz CT molecular complexity index is 574. The topological polar surface area (TPSA) is 89.0 Å². The third-order valence-corrected chi connectivity index (χ3v) is 2.90. The van der Waals surface area contributed by atoms with Gasteiger partial charge in [-0.2, -0.15) is 0 Å². The molecule has 0 aliphatic heterocycles. The highest BCUT2D eigenvalue weighted by molar-refractivity contribution is 5.92. The first-order chi connectivity index (χ1) is 10.8. The van der Waals surface area contributed by atoms with E-state index in [-0.39, 0.29) is 5.91 Å². The average molecular weight is 301 g/mol. The van der Waals surface area contributed by atoms with Crippen LogP contribution in [0, 0.1) is 0 Å². The lowest BCUT2D eigenvalue weighted by Gasteiger charge is -2.06. The number of pyridine rings is 1. The summed E-state index contributed by atoms with van der Waals surface area (Å²) in [6.07, 6.45) is 4.27. The average Bonchev–Trinajstić information content (AvgIpc) is 2.58. The fraction of sp³-hybridized carbons (Fsp3) is 0.333. The second kappa shape index (κ2) is 8.68. The third kappa shape index (κ3) is 5.10. The Labute approximate surface area is 129 Å². The van der Waals surface area contributed by atoms with Crippen LogP contribution < -0.4 is 10.6 Å². The monoisotopic (exact) mass is 301 g/mol. The van der Waals surface area contributed by atoms with Crippen LogP contribution in [0.4, 0.5) is 5.82 Å². The van der Waals surface area contributed by atoms with Gasteiger partial charge in [-0.1, -0.05) is 6.07 Å². The lowest BCUT2D eigenvalue weighted by atomic mass is 10.3. The Balaban J connectivity index is 1.81. The van der Waals surface area contributed by atoms with Crippen LogP contribution in [-0.4, -0.2) is 41.3 Å². The van der Waals surface area contributed by atoms with E-state index in [1.165, 1.54) is 0 Å². The Hall–Kier alpha value is -2.54. The van der Waals surface area contributed by atoms with Gasteiger partial charge in [-0.15, -0.1) is 10.2 Å². The quantitative estimate of drug-likeness (QED) is 0.713. The normalized spacial score (nSPS) is 10.2. The van der Waals surface area contributed by atoms with Gasteiger partial charge in [0.15, 0.2) is 5.69 Å². The molecule has 1 amide bonds. The Morgan fingerprint density at radius 2 is 2.18 bits per heavy atom. The Morgan fingerprint density at radius 1 is 1.27 bits per heavy atom. The molecule has 0 spiro atoms. The van der Waals surface area contributed by atoms with E-state index in [0.717, 1.165) is 12.0 Å². The number of nitrogens with zero attached hydrogens (tertiary/aromatic N) is 3. The smallest absolute Gasteiger partial charge is 0.271 e. The van der Waals surface area contributed by atoms with Crippen molar-refractivity contribution >= 4 is 11.7 Å². The van der Waals surface area contributed by atoms with Crippen LogP contribution in [-0.2, 0) is 11.3 Å². The molecule has 0 radical (unpaired) electrons. The molecule has 22 heavy (non-hydrogen) atoms. The molecule has 2 heterocycles. The second-order valence-corrected chi connectivity index (χ2v) is 4.62. The highest BCUT2D eigenvalue weighted by atomic mass is 16.5. The number of carbonyl (C=O) groups excluding carboxylic acids is 1. The molecule has 2 N–H and O–H groups in total. The van der Waals surface area contributed by atoms with Crippen molar-refractivity contribution in [1.82, 2.24) is 20.5 Å². The molecule has 0 aliphatic carbocycles. The number of anilines is 1. The summed E-state index contributed by atoms with van der Waals surface area (Å²) >= 11 is 0. The minimum absolute atomic E-state index is 0.234. The van der Waals surface area contributed by atoms with Gasteiger partial charge in [0.05, 0.1) is 0 Å². The number of hydrogen-bond acceptors (Lipinski definition) is 6. The molecule has 0 aliphatic rings. The van der Waals surface area contributed by atoms with Crippen molar-refractivity contribution in [2.24, 2.45) is 0 Å². The van der Waals surface area contributed by atoms with Crippen LogP contribution >= 0.6 is 0 Å². The molecule has 0 saturated carbocycles. The lowest BCUT2D eigenvalue weighted by Crippen LogP contribution is -2.26. The van der Waals surface area contributed by atoms with E-state index in [2.05, 4.69) is 25.8 Å². The second-order valence-electron chi connectivity index (χ2n) is 4.62. The van der Waals surface area contributed by atoms with Crippen molar-refractivity contribution in [3.05, 3.63) is 47.9 Å². The van der Waals surface area contributed by atoms with Gasteiger partial charge in [-0.25, -0.2) is 0 Å². The number of ether oxygens (including phenoxy) is 1. The predicted octanol–water partition coefficient (Wildman–Crippen LogP) is 1.25. The van der Waals surface area contributed by atoms with Crippen LogP contribution in [0.25, 0.3) is 0 Å². The van der Waals surface area contributed by atoms with E-state index in [1.807, 2.05) is 12.1 Å². The van der Waals surface area contributed by atoms with Gasteiger partial charge < -0.3 is 15.4 Å². The van der Waals surface area contributed by atoms with Crippen LogP contribution in [0.2, 0.25) is 0 Å². The standard InChI is InChI=1S/C15H19N5O2/c1-22-9-3-8-17-15(21)13-5-6-14(20-19-13)18-11-12-4-2-7-16-10-12/h2,4-7,10H,3,8-9,11H2,1H3,(H,17,21)(H,18,20). The minimum Gasteiger partial charge on any atom is -0.385 e. The molecule has 0 bridgehead atoms. The van der Waals surface area contributed by atoms with Crippen LogP contribution in [0.5, 0.6) is 0 Å². The summed E-state index contributed by atoms with van der Waals surface area (Å²) < 4.78 is 4.92. The molecule has 7 heteroatoms. The van der Waals surface area contributed by atoms with Crippen LogP contribution in [0.1, 0.15) is 22.5 Å². The number of carbonyl (C=O) groups is 1. The van der Waals surface area contributed by atoms with Gasteiger partial charge in [-0.3, -0.25) is 9.78 Å². The highest BCUT2D eigenvalue weighted by Gasteiger charge is 2.07. The summed E-state index contributed by atoms with van der Waals surface area (Å²) in [7, 11) is 1.63. The summed E-state index contributed by atoms with van der Waals surface area (Å²) in [6, 6.07) is 7.21. The highest BCUT2D eigenvalue weighted by Crippen LogP contribution is 2.05. The number of methoxy groups -OCH3 is 1. The summed E-state index contributed by atoms with van der Waals surface area (Å²) in [4.78, 5) is 15.9. The van der Waals surface area contributed by atoms with E-state index in [0.29, 0.717) is 31.2 Å². The molecule has 2 aromatic rings. The molecule has 0 fully saturated rings. The molecule has 7 nitrogen and oxygen atoms in total. The van der Waals surface area contributed by atoms with Crippen molar-refractivity contribution < 1.29 is 9.53 Å². The zero-order valence-corrected chi connectivity index (χ0v) is 12.5. The maximum absolute atomic E-state index is 11.8. The van der Waals surface area contributed by atoms with Crippen molar-refractivity contribution in [2.45, 2.75) is 13.0 Å². The van der Waals surface area contributed by atoms with E-state index >= 15 is 0 Å². The maximum Gasteiger partial charge on any atom is 0.271 e. The molecule has 0 saturated heterocycles. The molecule has 0 aromatic carbocycles. The fourth-order valence-corrected chi connectivity index (χ4v) is 1.75.